The minimum atomic E-state index is -0.978. The molecule has 0 aromatic heterocycles. The van der Waals surface area contributed by atoms with Gasteiger partial charge in [-0.1, -0.05) is 31.9 Å². The molecular weight excluding hydrogens is 406 g/mol. The smallest absolute Gasteiger partial charge is 0.326 e. The number of ether oxygens (including phenoxy) is 2. The quantitative estimate of drug-likeness (QED) is 0.507. The number of amides is 5. The van der Waals surface area contributed by atoms with Crippen LogP contribution in [0, 0.1) is 5.92 Å². The van der Waals surface area contributed by atoms with E-state index >= 15 is 0 Å². The van der Waals surface area contributed by atoms with E-state index in [1.807, 2.05) is 6.92 Å². The van der Waals surface area contributed by atoms with Crippen molar-refractivity contribution < 1.29 is 33.4 Å². The van der Waals surface area contributed by atoms with E-state index in [2.05, 4.69) is 10.6 Å². The first-order valence-corrected chi connectivity index (χ1v) is 10.1. The molecule has 2 aliphatic rings. The standard InChI is InChI=1S/C21H25N3O7/c1-13-7-5-6-10-21(13)19(28)24(20(29)23-21)11-17(26)31-12-16(25)22-18(27)14-8-3-4-9-15(14)30-2/h3-4,8-9,13H,5-7,10-12H2,1-2H3,(H,23,29)(H,22,25,27). The second-order valence-corrected chi connectivity index (χ2v) is 7.68. The number of rotatable bonds is 6. The van der Waals surface area contributed by atoms with Crippen molar-refractivity contribution in [2.45, 2.75) is 38.1 Å². The van der Waals surface area contributed by atoms with E-state index in [0.717, 1.165) is 24.2 Å². The lowest BCUT2D eigenvalue weighted by atomic mass is 9.73. The predicted octanol–water partition coefficient (Wildman–Crippen LogP) is 0.995. The topological polar surface area (TPSA) is 131 Å². The first kappa shape index (κ1) is 22.3. The van der Waals surface area contributed by atoms with Crippen molar-refractivity contribution in [2.24, 2.45) is 5.92 Å². The molecule has 10 heteroatoms. The summed E-state index contributed by atoms with van der Waals surface area (Å²) in [7, 11) is 1.39. The van der Waals surface area contributed by atoms with Gasteiger partial charge in [0.05, 0.1) is 12.7 Å². The molecule has 2 N–H and O–H groups in total. The zero-order chi connectivity index (χ0) is 22.6. The molecule has 1 aromatic rings. The molecule has 2 fully saturated rings. The molecule has 0 bridgehead atoms. The van der Waals surface area contributed by atoms with Gasteiger partial charge in [0.25, 0.3) is 17.7 Å². The van der Waals surface area contributed by atoms with Crippen LogP contribution in [0.3, 0.4) is 0 Å². The highest BCUT2D eigenvalue weighted by Crippen LogP contribution is 2.38. The van der Waals surface area contributed by atoms with Crippen molar-refractivity contribution in [3.05, 3.63) is 29.8 Å². The van der Waals surface area contributed by atoms with Gasteiger partial charge >= 0.3 is 12.0 Å². The van der Waals surface area contributed by atoms with Crippen LogP contribution in [-0.2, 0) is 19.1 Å². The number of para-hydroxylation sites is 1. The van der Waals surface area contributed by atoms with Crippen LogP contribution in [0.2, 0.25) is 0 Å². The van der Waals surface area contributed by atoms with Crippen molar-refractivity contribution >= 4 is 29.7 Å². The molecule has 1 aliphatic heterocycles. The summed E-state index contributed by atoms with van der Waals surface area (Å²) >= 11 is 0. The van der Waals surface area contributed by atoms with Crippen molar-refractivity contribution in [3.63, 3.8) is 0 Å². The van der Waals surface area contributed by atoms with Crippen molar-refractivity contribution in [3.8, 4) is 5.75 Å². The summed E-state index contributed by atoms with van der Waals surface area (Å²) in [4.78, 5) is 62.2. The van der Waals surface area contributed by atoms with Crippen molar-refractivity contribution in [1.82, 2.24) is 15.5 Å². The Hall–Kier alpha value is -3.43. The second kappa shape index (κ2) is 9.15. The Bertz CT molecular complexity index is 916. The van der Waals surface area contributed by atoms with E-state index in [0.29, 0.717) is 6.42 Å². The van der Waals surface area contributed by atoms with Crippen LogP contribution in [-0.4, -0.2) is 60.4 Å². The molecule has 0 radical (unpaired) electrons. The summed E-state index contributed by atoms with van der Waals surface area (Å²) in [5.41, 5.74) is -0.829. The number of carbonyl (C=O) groups is 5. The van der Waals surface area contributed by atoms with Gasteiger partial charge < -0.3 is 14.8 Å². The van der Waals surface area contributed by atoms with Crippen LogP contribution in [0.5, 0.6) is 5.75 Å². The van der Waals surface area contributed by atoms with Gasteiger partial charge in [-0.15, -0.1) is 0 Å². The highest BCUT2D eigenvalue weighted by atomic mass is 16.5. The molecule has 166 valence electrons. The van der Waals surface area contributed by atoms with Crippen LogP contribution >= 0.6 is 0 Å². The van der Waals surface area contributed by atoms with E-state index in [1.54, 1.807) is 18.2 Å². The molecule has 5 amide bonds. The zero-order valence-electron chi connectivity index (χ0n) is 17.4. The van der Waals surface area contributed by atoms with Crippen LogP contribution in [0.1, 0.15) is 43.0 Å². The Morgan fingerprint density at radius 2 is 1.97 bits per heavy atom. The fourth-order valence-electron chi connectivity index (χ4n) is 4.02. The normalized spacial score (nSPS) is 22.8. The Kier molecular flexibility index (Phi) is 6.57. The first-order chi connectivity index (χ1) is 14.8. The average Bonchev–Trinajstić information content (AvgIpc) is 2.99. The minimum absolute atomic E-state index is 0.0366. The fraction of sp³-hybridized carbons (Fsp3) is 0.476. The Morgan fingerprint density at radius 1 is 1.23 bits per heavy atom. The number of hydrogen-bond donors (Lipinski definition) is 2. The van der Waals surface area contributed by atoms with Gasteiger partial charge in [0.15, 0.2) is 6.61 Å². The van der Waals surface area contributed by atoms with E-state index < -0.39 is 48.4 Å². The molecule has 1 saturated carbocycles. The Morgan fingerprint density at radius 3 is 2.68 bits per heavy atom. The van der Waals surface area contributed by atoms with E-state index in [4.69, 9.17) is 9.47 Å². The number of nitrogens with one attached hydrogen (secondary N) is 2. The van der Waals surface area contributed by atoms with Gasteiger partial charge in [0, 0.05) is 0 Å². The highest BCUT2D eigenvalue weighted by Gasteiger charge is 2.55. The lowest BCUT2D eigenvalue weighted by molar-refractivity contribution is -0.151. The number of benzene rings is 1. The number of imide groups is 2. The molecule has 1 aromatic carbocycles. The van der Waals surface area contributed by atoms with Crippen LogP contribution in [0.15, 0.2) is 24.3 Å². The summed E-state index contributed by atoms with van der Waals surface area (Å²) in [5.74, 6) is -2.68. The molecule has 1 heterocycles. The van der Waals surface area contributed by atoms with Gasteiger partial charge in [-0.3, -0.25) is 29.4 Å². The first-order valence-electron chi connectivity index (χ1n) is 10.1. The zero-order valence-corrected chi connectivity index (χ0v) is 17.4. The minimum Gasteiger partial charge on any atom is -0.496 e. The lowest BCUT2D eigenvalue weighted by Gasteiger charge is -2.36. The van der Waals surface area contributed by atoms with Crippen LogP contribution in [0.4, 0.5) is 4.79 Å². The number of urea groups is 1. The summed E-state index contributed by atoms with van der Waals surface area (Å²) in [6.45, 7) is 0.569. The van der Waals surface area contributed by atoms with Gasteiger partial charge in [-0.2, -0.15) is 0 Å². The second-order valence-electron chi connectivity index (χ2n) is 7.68. The molecule has 1 spiro atoms. The molecule has 3 rings (SSSR count). The Labute approximate surface area is 179 Å². The lowest BCUT2D eigenvalue weighted by Crippen LogP contribution is -2.54. The number of esters is 1. The maximum absolute atomic E-state index is 12.8. The van der Waals surface area contributed by atoms with E-state index in [9.17, 15) is 24.0 Å². The SMILES string of the molecule is COc1ccccc1C(=O)NC(=O)COC(=O)CN1C(=O)NC2(CCCCC2C)C1=O. The molecule has 31 heavy (non-hydrogen) atoms. The van der Waals surface area contributed by atoms with Gasteiger partial charge in [0.1, 0.15) is 17.8 Å². The highest BCUT2D eigenvalue weighted by molar-refractivity contribution is 6.09. The van der Waals surface area contributed by atoms with Gasteiger partial charge in [-0.25, -0.2) is 4.79 Å². The average molecular weight is 431 g/mol. The van der Waals surface area contributed by atoms with E-state index in [-0.39, 0.29) is 17.2 Å². The van der Waals surface area contributed by atoms with Gasteiger partial charge in [0.2, 0.25) is 0 Å². The number of methoxy groups -OCH3 is 1. The van der Waals surface area contributed by atoms with Crippen molar-refractivity contribution in [1.29, 1.82) is 0 Å². The third kappa shape index (κ3) is 4.52. The van der Waals surface area contributed by atoms with Gasteiger partial charge in [-0.05, 0) is 30.9 Å². The molecule has 1 saturated heterocycles. The maximum Gasteiger partial charge on any atom is 0.326 e. The molecule has 2 atom stereocenters. The third-order valence-electron chi connectivity index (χ3n) is 5.76. The van der Waals surface area contributed by atoms with Crippen molar-refractivity contribution in [2.75, 3.05) is 20.3 Å². The summed E-state index contributed by atoms with van der Waals surface area (Å²) in [6.07, 6.45) is 3.13. The molecule has 10 nitrogen and oxygen atoms in total. The molecule has 1 aliphatic carbocycles. The Balaban J connectivity index is 1.52. The maximum atomic E-state index is 12.8. The summed E-state index contributed by atoms with van der Waals surface area (Å²) in [5, 5.41) is 4.83. The third-order valence-corrected chi connectivity index (χ3v) is 5.76. The molecular formula is C21H25N3O7. The summed E-state index contributed by atoms with van der Waals surface area (Å²) < 4.78 is 9.91. The van der Waals surface area contributed by atoms with E-state index in [1.165, 1.54) is 13.2 Å². The van der Waals surface area contributed by atoms with Crippen LogP contribution < -0.4 is 15.4 Å². The summed E-state index contributed by atoms with van der Waals surface area (Å²) in [6, 6.07) is 5.68. The fourth-order valence-corrected chi connectivity index (χ4v) is 4.02. The largest absolute Gasteiger partial charge is 0.496 e. The predicted molar refractivity (Wildman–Crippen MR) is 107 cm³/mol. The number of carbonyl (C=O) groups excluding carboxylic acids is 5. The molecule has 2 unspecified atom stereocenters. The monoisotopic (exact) mass is 431 g/mol. The number of hydrogen-bond acceptors (Lipinski definition) is 7. The number of nitrogens with zero attached hydrogens (tertiary/aromatic N) is 1. The van der Waals surface area contributed by atoms with Crippen LogP contribution in [0.25, 0.3) is 0 Å².